The van der Waals surface area contributed by atoms with E-state index >= 15 is 0 Å². The summed E-state index contributed by atoms with van der Waals surface area (Å²) in [6, 6.07) is 6.78. The second-order valence-corrected chi connectivity index (χ2v) is 6.69. The third kappa shape index (κ3) is 4.04. The zero-order valence-corrected chi connectivity index (χ0v) is 14.9. The highest BCUT2D eigenvalue weighted by Gasteiger charge is 2.22. The molecule has 0 saturated heterocycles. The smallest absolute Gasteiger partial charge is 0.287 e. The van der Waals surface area contributed by atoms with Crippen LogP contribution in [-0.4, -0.2) is 32.6 Å². The van der Waals surface area contributed by atoms with Crippen molar-refractivity contribution in [2.45, 2.75) is 32.5 Å². The van der Waals surface area contributed by atoms with Gasteiger partial charge < -0.3 is 19.4 Å². The molecule has 8 heteroatoms. The van der Waals surface area contributed by atoms with Gasteiger partial charge in [0.15, 0.2) is 12.0 Å². The molecule has 1 atom stereocenters. The number of fused-ring (bicyclic) bond motifs is 1. The van der Waals surface area contributed by atoms with Crippen LogP contribution in [0.5, 0.6) is 5.75 Å². The highest BCUT2D eigenvalue weighted by Crippen LogP contribution is 2.22. The molecule has 3 N–H and O–H groups in total. The number of furan rings is 1. The van der Waals surface area contributed by atoms with Crippen LogP contribution >= 0.6 is 0 Å². The van der Waals surface area contributed by atoms with Crippen molar-refractivity contribution in [3.63, 3.8) is 0 Å². The lowest BCUT2D eigenvalue weighted by atomic mass is 10.1. The minimum atomic E-state index is -0.509. The molecule has 0 fully saturated rings. The summed E-state index contributed by atoms with van der Waals surface area (Å²) in [6.45, 7) is 6.04. The van der Waals surface area contributed by atoms with Crippen LogP contribution in [0.15, 0.2) is 47.3 Å². The van der Waals surface area contributed by atoms with Crippen LogP contribution in [0.4, 0.5) is 0 Å². The van der Waals surface area contributed by atoms with Gasteiger partial charge in [-0.05, 0) is 45.0 Å². The van der Waals surface area contributed by atoms with Gasteiger partial charge >= 0.3 is 0 Å². The van der Waals surface area contributed by atoms with Crippen molar-refractivity contribution in [1.82, 2.24) is 20.3 Å². The van der Waals surface area contributed by atoms with E-state index in [9.17, 15) is 9.90 Å². The third-order valence-corrected chi connectivity index (χ3v) is 3.87. The van der Waals surface area contributed by atoms with Gasteiger partial charge in [-0.2, -0.15) is 5.48 Å². The van der Waals surface area contributed by atoms with E-state index in [-0.39, 0.29) is 23.6 Å². The van der Waals surface area contributed by atoms with Gasteiger partial charge in [0.05, 0.1) is 18.0 Å². The first-order valence-corrected chi connectivity index (χ1v) is 8.26. The Labute approximate surface area is 150 Å². The first kappa shape index (κ1) is 18.0. The van der Waals surface area contributed by atoms with E-state index in [1.807, 2.05) is 37.6 Å². The lowest BCUT2D eigenvalue weighted by Crippen LogP contribution is -2.49. The number of pyridine rings is 1. The molecule has 0 aliphatic rings. The highest BCUT2D eigenvalue weighted by atomic mass is 16.7. The Morgan fingerprint density at radius 1 is 1.46 bits per heavy atom. The van der Waals surface area contributed by atoms with Crippen LogP contribution in [0.3, 0.4) is 0 Å². The number of carbonyl (C=O) groups excluding carboxylic acids is 1. The van der Waals surface area contributed by atoms with E-state index in [1.165, 1.54) is 12.5 Å². The Bertz CT molecular complexity index is 886. The Morgan fingerprint density at radius 2 is 2.27 bits per heavy atom. The zero-order valence-electron chi connectivity index (χ0n) is 14.9. The molecule has 0 bridgehead atoms. The molecule has 0 saturated carbocycles. The van der Waals surface area contributed by atoms with Crippen molar-refractivity contribution < 1.29 is 19.2 Å². The average Bonchev–Trinajstić information content (AvgIpc) is 3.27. The van der Waals surface area contributed by atoms with Crippen molar-refractivity contribution >= 4 is 16.9 Å². The number of nitrogens with one attached hydrogen (secondary N) is 2. The van der Waals surface area contributed by atoms with Crippen molar-refractivity contribution in [2.24, 2.45) is 0 Å². The van der Waals surface area contributed by atoms with Crippen molar-refractivity contribution in [1.29, 1.82) is 0 Å². The van der Waals surface area contributed by atoms with E-state index in [0.717, 1.165) is 5.39 Å². The summed E-state index contributed by atoms with van der Waals surface area (Å²) in [6.07, 6.45) is 4.35. The van der Waals surface area contributed by atoms with Gasteiger partial charge in [0.2, 0.25) is 0 Å². The number of carbonyl (C=O) groups is 1. The van der Waals surface area contributed by atoms with Crippen molar-refractivity contribution in [3.8, 4) is 5.75 Å². The fourth-order valence-electron chi connectivity index (χ4n) is 2.46. The number of aromatic nitrogens is 2. The summed E-state index contributed by atoms with van der Waals surface area (Å²) in [7, 11) is 0. The molecular weight excluding hydrogens is 336 g/mol. The number of hydroxylamine groups is 1. The summed E-state index contributed by atoms with van der Waals surface area (Å²) in [5.74, 6) is 0.108. The van der Waals surface area contributed by atoms with Gasteiger partial charge in [-0.25, -0.2) is 4.98 Å². The standard InChI is InChI=1S/C18H22N4O4/c1-12(22-7-6-13-9-14(23)10-19-16(13)22)26-21-18(2,3)11-20-17(24)15-5-4-8-25-15/h4-10,12,21,23H,11H2,1-3H3,(H,20,24). The van der Waals surface area contributed by atoms with Gasteiger partial charge in [0.1, 0.15) is 11.4 Å². The number of hydrogen-bond donors (Lipinski definition) is 3. The lowest BCUT2D eigenvalue weighted by molar-refractivity contribution is -0.0886. The predicted octanol–water partition coefficient (Wildman–Crippen LogP) is 2.58. The van der Waals surface area contributed by atoms with E-state index in [2.05, 4.69) is 15.8 Å². The van der Waals surface area contributed by atoms with Crippen LogP contribution in [0.25, 0.3) is 11.0 Å². The largest absolute Gasteiger partial charge is 0.506 e. The fraction of sp³-hybridized carbons (Fsp3) is 0.333. The van der Waals surface area contributed by atoms with E-state index in [1.54, 1.807) is 18.2 Å². The topological polar surface area (TPSA) is 102 Å². The number of amides is 1. The first-order chi connectivity index (χ1) is 12.4. The molecule has 138 valence electrons. The summed E-state index contributed by atoms with van der Waals surface area (Å²) >= 11 is 0. The normalized spacial score (nSPS) is 13.0. The van der Waals surface area contributed by atoms with Crippen LogP contribution in [0.1, 0.15) is 37.6 Å². The summed E-state index contributed by atoms with van der Waals surface area (Å²) in [4.78, 5) is 21.9. The Hall–Kier alpha value is -2.84. The van der Waals surface area contributed by atoms with Crippen LogP contribution in [0.2, 0.25) is 0 Å². The maximum absolute atomic E-state index is 11.9. The van der Waals surface area contributed by atoms with E-state index in [0.29, 0.717) is 12.2 Å². The zero-order chi connectivity index (χ0) is 18.7. The molecule has 0 aromatic carbocycles. The Kier molecular flexibility index (Phi) is 4.97. The Morgan fingerprint density at radius 3 is 3.00 bits per heavy atom. The minimum Gasteiger partial charge on any atom is -0.506 e. The minimum absolute atomic E-state index is 0.121. The molecule has 3 rings (SSSR count). The molecule has 3 aromatic rings. The van der Waals surface area contributed by atoms with Crippen LogP contribution in [-0.2, 0) is 4.84 Å². The third-order valence-electron chi connectivity index (χ3n) is 3.87. The van der Waals surface area contributed by atoms with Gasteiger partial charge in [-0.15, -0.1) is 0 Å². The number of hydrogen-bond acceptors (Lipinski definition) is 6. The molecule has 3 aromatic heterocycles. The molecule has 8 nitrogen and oxygen atoms in total. The predicted molar refractivity (Wildman–Crippen MR) is 95.4 cm³/mol. The molecule has 0 spiro atoms. The molecule has 0 aliphatic carbocycles. The first-order valence-electron chi connectivity index (χ1n) is 8.26. The molecule has 0 radical (unpaired) electrons. The van der Waals surface area contributed by atoms with E-state index in [4.69, 9.17) is 9.25 Å². The summed E-state index contributed by atoms with van der Waals surface area (Å²) < 4.78 is 6.91. The maximum Gasteiger partial charge on any atom is 0.287 e. The SMILES string of the molecule is CC(ONC(C)(C)CNC(=O)c1ccco1)n1ccc2cc(O)cnc21. The second-order valence-electron chi connectivity index (χ2n) is 6.69. The molecule has 26 heavy (non-hydrogen) atoms. The average molecular weight is 358 g/mol. The number of rotatable bonds is 7. The van der Waals surface area contributed by atoms with Gasteiger partial charge in [0.25, 0.3) is 5.91 Å². The monoisotopic (exact) mass is 358 g/mol. The molecule has 1 amide bonds. The quantitative estimate of drug-likeness (QED) is 0.561. The lowest BCUT2D eigenvalue weighted by Gasteiger charge is -2.28. The highest BCUT2D eigenvalue weighted by molar-refractivity contribution is 5.91. The van der Waals surface area contributed by atoms with Gasteiger partial charge in [0, 0.05) is 18.1 Å². The molecule has 0 aliphatic heterocycles. The van der Waals surface area contributed by atoms with Gasteiger partial charge in [-0.1, -0.05) is 0 Å². The van der Waals surface area contributed by atoms with Crippen molar-refractivity contribution in [2.75, 3.05) is 6.54 Å². The molecule has 3 heterocycles. The van der Waals surface area contributed by atoms with Crippen LogP contribution < -0.4 is 10.8 Å². The molecule has 1 unspecified atom stereocenters. The maximum atomic E-state index is 11.9. The summed E-state index contributed by atoms with van der Waals surface area (Å²) in [5.41, 5.74) is 3.18. The van der Waals surface area contributed by atoms with Gasteiger partial charge in [-0.3, -0.25) is 9.63 Å². The van der Waals surface area contributed by atoms with Crippen molar-refractivity contribution in [3.05, 3.63) is 48.7 Å². The van der Waals surface area contributed by atoms with E-state index < -0.39 is 5.54 Å². The molecular formula is C18H22N4O4. The fourth-order valence-corrected chi connectivity index (χ4v) is 2.46. The number of aromatic hydroxyl groups is 1. The number of nitrogens with zero attached hydrogens (tertiary/aromatic N) is 2. The van der Waals surface area contributed by atoms with Crippen LogP contribution in [0, 0.1) is 0 Å². The Balaban J connectivity index is 1.57. The second kappa shape index (κ2) is 7.19. The summed E-state index contributed by atoms with van der Waals surface area (Å²) in [5, 5.41) is 13.1.